The van der Waals surface area contributed by atoms with Crippen LogP contribution in [0.25, 0.3) is 0 Å². The van der Waals surface area contributed by atoms with E-state index < -0.39 is 0 Å². The Morgan fingerprint density at radius 1 is 1.21 bits per heavy atom. The van der Waals surface area contributed by atoms with Crippen LogP contribution in [-0.2, 0) is 16.1 Å². The van der Waals surface area contributed by atoms with Crippen LogP contribution in [0.5, 0.6) is 5.88 Å². The largest absolute Gasteiger partial charge is 0.473 e. The maximum Gasteiger partial charge on any atom is 0.306 e. The molecule has 28 heavy (non-hydrogen) atoms. The predicted molar refractivity (Wildman–Crippen MR) is 112 cm³/mol. The van der Waals surface area contributed by atoms with E-state index >= 15 is 0 Å². The van der Waals surface area contributed by atoms with Crippen LogP contribution in [0.4, 0.5) is 0 Å². The minimum atomic E-state index is -0.373. The number of esters is 1. The second-order valence-corrected chi connectivity index (χ2v) is 8.54. The highest BCUT2D eigenvalue weighted by Gasteiger charge is 2.41. The first kappa shape index (κ1) is 20.3. The lowest BCUT2D eigenvalue weighted by atomic mass is 9.92. The lowest BCUT2D eigenvalue weighted by Crippen LogP contribution is -2.40. The van der Waals surface area contributed by atoms with E-state index in [1.165, 1.54) is 4.91 Å². The lowest BCUT2D eigenvalue weighted by Gasteiger charge is -2.33. The molecule has 0 aliphatic carbocycles. The third-order valence-corrected chi connectivity index (χ3v) is 5.87. The maximum atomic E-state index is 12.3. The van der Waals surface area contributed by atoms with Crippen molar-refractivity contribution in [2.45, 2.75) is 44.6 Å². The van der Waals surface area contributed by atoms with Crippen molar-refractivity contribution in [3.63, 3.8) is 0 Å². The van der Waals surface area contributed by atoms with Crippen LogP contribution in [0.2, 0.25) is 0 Å². The molecular weight excluding hydrogens is 372 g/mol. The molecule has 0 fully saturated rings. The molecule has 1 aliphatic rings. The molecule has 0 spiro atoms. The molecule has 0 radical (unpaired) electrons. The number of thioether (sulfide) groups is 1. The molecule has 6 heteroatoms. The third kappa shape index (κ3) is 5.07. The van der Waals surface area contributed by atoms with Gasteiger partial charge in [0, 0.05) is 18.2 Å². The van der Waals surface area contributed by atoms with Crippen molar-refractivity contribution in [2.75, 3.05) is 6.61 Å². The molecule has 1 unspecified atom stereocenters. The molecule has 0 saturated carbocycles. The number of nitrogens with one attached hydrogen (secondary N) is 1. The van der Waals surface area contributed by atoms with Gasteiger partial charge in [0.15, 0.2) is 0 Å². The van der Waals surface area contributed by atoms with Crippen LogP contribution < -0.4 is 10.1 Å². The molecule has 0 amide bonds. The van der Waals surface area contributed by atoms with Gasteiger partial charge in [-0.15, -0.1) is 11.8 Å². The van der Waals surface area contributed by atoms with E-state index in [-0.39, 0.29) is 23.2 Å². The molecule has 1 aromatic carbocycles. The fraction of sp³-hybridized carbons (Fsp3) is 0.364. The van der Waals surface area contributed by atoms with Crippen molar-refractivity contribution < 1.29 is 14.3 Å². The molecule has 2 atom stereocenters. The Hall–Kier alpha value is -2.47. The zero-order chi connectivity index (χ0) is 20.0. The van der Waals surface area contributed by atoms with Gasteiger partial charge in [0.1, 0.15) is 6.61 Å². The van der Waals surface area contributed by atoms with E-state index in [1.807, 2.05) is 61.7 Å². The number of rotatable bonds is 8. The van der Waals surface area contributed by atoms with Crippen molar-refractivity contribution in [3.8, 4) is 5.88 Å². The van der Waals surface area contributed by atoms with Gasteiger partial charge in [0.05, 0.1) is 23.6 Å². The van der Waals surface area contributed by atoms with Crippen LogP contribution in [-0.4, -0.2) is 22.4 Å². The molecule has 1 N–H and O–H groups in total. The number of allylic oxidation sites excluding steroid dienone is 1. The Morgan fingerprint density at radius 3 is 2.68 bits per heavy atom. The molecule has 2 aromatic rings. The minimum Gasteiger partial charge on any atom is -0.473 e. The summed E-state index contributed by atoms with van der Waals surface area (Å²) in [7, 11) is 0. The summed E-state index contributed by atoms with van der Waals surface area (Å²) >= 11 is 1.71. The van der Waals surface area contributed by atoms with Gasteiger partial charge in [-0.1, -0.05) is 36.4 Å². The number of aromatic nitrogens is 1. The van der Waals surface area contributed by atoms with E-state index in [0.717, 1.165) is 11.3 Å². The molecule has 1 aromatic heterocycles. The first-order valence-corrected chi connectivity index (χ1v) is 10.2. The highest BCUT2D eigenvalue weighted by Crippen LogP contribution is 2.45. The van der Waals surface area contributed by atoms with Gasteiger partial charge < -0.3 is 14.8 Å². The number of pyridine rings is 1. The van der Waals surface area contributed by atoms with Gasteiger partial charge in [0.2, 0.25) is 5.88 Å². The van der Waals surface area contributed by atoms with Gasteiger partial charge in [-0.2, -0.15) is 0 Å². The van der Waals surface area contributed by atoms with Crippen molar-refractivity contribution in [1.29, 1.82) is 0 Å². The fourth-order valence-electron chi connectivity index (χ4n) is 3.21. The molecule has 5 nitrogen and oxygen atoms in total. The minimum absolute atomic E-state index is 0.162. The fourth-order valence-corrected chi connectivity index (χ4v) is 4.47. The van der Waals surface area contributed by atoms with E-state index in [1.54, 1.807) is 11.8 Å². The molecule has 3 rings (SSSR count). The highest BCUT2D eigenvalue weighted by molar-refractivity contribution is 8.04. The van der Waals surface area contributed by atoms with Crippen molar-refractivity contribution in [2.24, 2.45) is 0 Å². The summed E-state index contributed by atoms with van der Waals surface area (Å²) in [5.74, 6) is 0.162. The Labute approximate surface area is 170 Å². The van der Waals surface area contributed by atoms with Crippen molar-refractivity contribution >= 4 is 17.7 Å². The quantitative estimate of drug-likeness (QED) is 0.655. The Kier molecular flexibility index (Phi) is 6.62. The summed E-state index contributed by atoms with van der Waals surface area (Å²) in [6, 6.07) is 15.7. The normalized spacial score (nSPS) is 19.5. The van der Waals surface area contributed by atoms with Gasteiger partial charge in [-0.25, -0.2) is 4.98 Å². The standard InChI is InChI=1S/C22H26N2O3S/c1-4-26-21(25)13-18(22(3)23-14-16(2)28-22)19-11-8-12-20(24-19)27-15-17-9-6-5-7-10-17/h5-12,14,18,23H,4,13,15H2,1-3H3/t18?,22-/m1/s1. The van der Waals surface area contributed by atoms with Crippen LogP contribution in [0.1, 0.15) is 44.4 Å². The first-order valence-electron chi connectivity index (χ1n) is 9.43. The molecule has 0 saturated heterocycles. The second-order valence-electron chi connectivity index (χ2n) is 6.85. The number of carbonyl (C=O) groups excluding carboxylic acids is 1. The summed E-state index contributed by atoms with van der Waals surface area (Å²) in [5.41, 5.74) is 1.89. The zero-order valence-corrected chi connectivity index (χ0v) is 17.3. The van der Waals surface area contributed by atoms with E-state index in [9.17, 15) is 4.79 Å². The molecule has 2 heterocycles. The van der Waals surface area contributed by atoms with Crippen LogP contribution in [0, 0.1) is 0 Å². The van der Waals surface area contributed by atoms with Gasteiger partial charge in [-0.05, 0) is 37.3 Å². The average molecular weight is 399 g/mol. The SMILES string of the molecule is CCOC(=O)CC(c1cccc(OCc2ccccc2)n1)[C@]1(C)NC=C(C)S1. The zero-order valence-electron chi connectivity index (χ0n) is 16.5. The van der Waals surface area contributed by atoms with E-state index in [4.69, 9.17) is 14.5 Å². The summed E-state index contributed by atoms with van der Waals surface area (Å²) in [4.78, 5) is 17.8. The number of hydrogen-bond donors (Lipinski definition) is 1. The van der Waals surface area contributed by atoms with E-state index in [2.05, 4.69) is 19.2 Å². The highest BCUT2D eigenvalue weighted by atomic mass is 32.2. The average Bonchev–Trinajstić information content (AvgIpc) is 3.05. The van der Waals surface area contributed by atoms with Gasteiger partial charge in [-0.3, -0.25) is 4.79 Å². The molecular formula is C22H26N2O3S. The summed E-state index contributed by atoms with van der Waals surface area (Å²) in [6.45, 7) is 6.78. The number of hydrogen-bond acceptors (Lipinski definition) is 6. The summed E-state index contributed by atoms with van der Waals surface area (Å²) in [6.07, 6.45) is 2.24. The number of ether oxygens (including phenoxy) is 2. The van der Waals surface area contributed by atoms with Crippen molar-refractivity contribution in [3.05, 3.63) is 70.9 Å². The monoisotopic (exact) mass is 398 g/mol. The van der Waals surface area contributed by atoms with Crippen LogP contribution >= 0.6 is 11.8 Å². The Bertz CT molecular complexity index is 841. The Morgan fingerprint density at radius 2 is 2.00 bits per heavy atom. The predicted octanol–water partition coefficient (Wildman–Crippen LogP) is 4.61. The molecule has 148 valence electrons. The first-order chi connectivity index (χ1) is 13.5. The summed E-state index contributed by atoms with van der Waals surface area (Å²) < 4.78 is 11.1. The number of carbonyl (C=O) groups is 1. The lowest BCUT2D eigenvalue weighted by molar-refractivity contribution is -0.143. The molecule has 1 aliphatic heterocycles. The summed E-state index contributed by atoms with van der Waals surface area (Å²) in [5, 5.41) is 3.42. The second kappa shape index (κ2) is 9.15. The third-order valence-electron chi connectivity index (χ3n) is 4.61. The van der Waals surface area contributed by atoms with Gasteiger partial charge >= 0.3 is 5.97 Å². The van der Waals surface area contributed by atoms with Gasteiger partial charge in [0.25, 0.3) is 0 Å². The smallest absolute Gasteiger partial charge is 0.306 e. The van der Waals surface area contributed by atoms with Crippen LogP contribution in [0.3, 0.4) is 0 Å². The molecule has 0 bridgehead atoms. The Balaban J connectivity index is 1.80. The number of benzene rings is 1. The topological polar surface area (TPSA) is 60.5 Å². The maximum absolute atomic E-state index is 12.3. The van der Waals surface area contributed by atoms with Crippen LogP contribution in [0.15, 0.2) is 59.6 Å². The van der Waals surface area contributed by atoms with E-state index in [0.29, 0.717) is 19.1 Å². The number of nitrogens with zero attached hydrogens (tertiary/aromatic N) is 1. The van der Waals surface area contributed by atoms with Crippen molar-refractivity contribution in [1.82, 2.24) is 10.3 Å².